The van der Waals surface area contributed by atoms with Crippen LogP contribution in [0.15, 0.2) is 5.38 Å². The molecule has 0 amide bonds. The average molecular weight is 195 g/mol. The molecular weight excluding hydrogens is 182 g/mol. The average Bonchev–Trinajstić information content (AvgIpc) is 2.59. The highest BCUT2D eigenvalue weighted by molar-refractivity contribution is 7.10. The van der Waals surface area contributed by atoms with E-state index >= 15 is 0 Å². The summed E-state index contributed by atoms with van der Waals surface area (Å²) in [5.41, 5.74) is 2.21. The Kier molecular flexibility index (Phi) is 2.47. The molecule has 0 aliphatic carbocycles. The van der Waals surface area contributed by atoms with Gasteiger partial charge < -0.3 is 0 Å². The molecule has 2 rings (SSSR count). The molecule has 0 radical (unpaired) electrons. The lowest BCUT2D eigenvalue weighted by molar-refractivity contribution is 0.112. The van der Waals surface area contributed by atoms with Crippen molar-refractivity contribution in [2.75, 3.05) is 13.1 Å². The van der Waals surface area contributed by atoms with E-state index in [9.17, 15) is 4.79 Å². The Balaban J connectivity index is 2.27. The monoisotopic (exact) mass is 195 g/mol. The minimum absolute atomic E-state index is 0.913. The number of hydrogen-bond donors (Lipinski definition) is 0. The predicted octanol–water partition coefficient (Wildman–Crippen LogP) is 1.94. The van der Waals surface area contributed by atoms with E-state index in [1.54, 1.807) is 11.3 Å². The zero-order chi connectivity index (χ0) is 9.26. The van der Waals surface area contributed by atoms with E-state index in [1.807, 2.05) is 5.38 Å². The first-order chi connectivity index (χ1) is 6.35. The van der Waals surface area contributed by atoms with Crippen LogP contribution in [-0.4, -0.2) is 24.3 Å². The van der Waals surface area contributed by atoms with Crippen LogP contribution in [0.2, 0.25) is 0 Å². The van der Waals surface area contributed by atoms with Crippen molar-refractivity contribution < 1.29 is 4.79 Å². The zero-order valence-corrected chi connectivity index (χ0v) is 8.56. The van der Waals surface area contributed by atoms with Crippen LogP contribution in [0.3, 0.4) is 0 Å². The highest BCUT2D eigenvalue weighted by Crippen LogP contribution is 2.27. The van der Waals surface area contributed by atoms with Gasteiger partial charge >= 0.3 is 0 Å². The fourth-order valence-electron chi connectivity index (χ4n) is 1.78. The quantitative estimate of drug-likeness (QED) is 0.672. The SMILES string of the molecule is CCN1CCc2c(C=O)csc2C1. The van der Waals surface area contributed by atoms with Crippen molar-refractivity contribution in [3.63, 3.8) is 0 Å². The largest absolute Gasteiger partial charge is 0.298 e. The maximum atomic E-state index is 10.7. The lowest BCUT2D eigenvalue weighted by atomic mass is 10.0. The molecule has 3 heteroatoms. The van der Waals surface area contributed by atoms with Crippen molar-refractivity contribution in [1.82, 2.24) is 4.90 Å². The highest BCUT2D eigenvalue weighted by Gasteiger charge is 2.18. The van der Waals surface area contributed by atoms with Crippen LogP contribution in [0.4, 0.5) is 0 Å². The second kappa shape index (κ2) is 3.60. The normalized spacial score (nSPS) is 17.0. The van der Waals surface area contributed by atoms with Gasteiger partial charge in [-0.15, -0.1) is 11.3 Å². The molecule has 0 fully saturated rings. The smallest absolute Gasteiger partial charge is 0.151 e. The van der Waals surface area contributed by atoms with Crippen molar-refractivity contribution in [1.29, 1.82) is 0 Å². The Morgan fingerprint density at radius 2 is 2.54 bits per heavy atom. The lowest BCUT2D eigenvalue weighted by Gasteiger charge is -2.25. The second-order valence-electron chi connectivity index (χ2n) is 3.33. The van der Waals surface area contributed by atoms with Crippen molar-refractivity contribution in [2.24, 2.45) is 0 Å². The highest BCUT2D eigenvalue weighted by atomic mass is 32.1. The molecule has 0 saturated heterocycles. The molecule has 1 aliphatic rings. The number of aldehydes is 1. The van der Waals surface area contributed by atoms with Crippen molar-refractivity contribution in [3.8, 4) is 0 Å². The van der Waals surface area contributed by atoms with Crippen LogP contribution >= 0.6 is 11.3 Å². The maximum Gasteiger partial charge on any atom is 0.151 e. The van der Waals surface area contributed by atoms with Crippen molar-refractivity contribution in [3.05, 3.63) is 21.4 Å². The van der Waals surface area contributed by atoms with Crippen LogP contribution < -0.4 is 0 Å². The number of fused-ring (bicyclic) bond motifs is 1. The summed E-state index contributed by atoms with van der Waals surface area (Å²) in [4.78, 5) is 14.5. The summed E-state index contributed by atoms with van der Waals surface area (Å²) in [7, 11) is 0. The summed E-state index contributed by atoms with van der Waals surface area (Å²) >= 11 is 1.72. The molecular formula is C10H13NOS. The summed E-state index contributed by atoms with van der Waals surface area (Å²) in [5.74, 6) is 0. The summed E-state index contributed by atoms with van der Waals surface area (Å²) in [6.45, 7) is 5.42. The van der Waals surface area contributed by atoms with E-state index < -0.39 is 0 Å². The minimum atomic E-state index is 0.913. The van der Waals surface area contributed by atoms with Gasteiger partial charge in [-0.25, -0.2) is 0 Å². The van der Waals surface area contributed by atoms with Gasteiger partial charge in [-0.2, -0.15) is 0 Å². The number of hydrogen-bond acceptors (Lipinski definition) is 3. The van der Waals surface area contributed by atoms with E-state index in [-0.39, 0.29) is 0 Å². The van der Waals surface area contributed by atoms with Gasteiger partial charge in [0.15, 0.2) is 6.29 Å². The Labute approximate surface area is 82.2 Å². The molecule has 1 aromatic rings. The molecule has 0 aromatic carbocycles. The van der Waals surface area contributed by atoms with Gasteiger partial charge in [0.1, 0.15) is 0 Å². The molecule has 2 heterocycles. The van der Waals surface area contributed by atoms with Crippen LogP contribution in [0, 0.1) is 0 Å². The van der Waals surface area contributed by atoms with E-state index in [1.165, 1.54) is 10.4 Å². The molecule has 0 unspecified atom stereocenters. The number of rotatable bonds is 2. The van der Waals surface area contributed by atoms with Crippen LogP contribution in [0.1, 0.15) is 27.7 Å². The van der Waals surface area contributed by atoms with E-state index in [4.69, 9.17) is 0 Å². The third-order valence-corrected chi connectivity index (χ3v) is 3.66. The zero-order valence-electron chi connectivity index (χ0n) is 7.75. The Hall–Kier alpha value is -0.670. The molecule has 1 aromatic heterocycles. The molecule has 0 bridgehead atoms. The number of nitrogens with zero attached hydrogens (tertiary/aromatic N) is 1. The van der Waals surface area contributed by atoms with Gasteiger partial charge in [0.05, 0.1) is 0 Å². The standard InChI is InChI=1S/C10H13NOS/c1-2-11-4-3-9-8(6-12)7-13-10(9)5-11/h6-7H,2-5H2,1H3. The Morgan fingerprint density at radius 3 is 3.23 bits per heavy atom. The molecule has 70 valence electrons. The van der Waals surface area contributed by atoms with Crippen LogP contribution in [0.25, 0.3) is 0 Å². The van der Waals surface area contributed by atoms with Crippen molar-refractivity contribution in [2.45, 2.75) is 19.9 Å². The first-order valence-electron chi connectivity index (χ1n) is 4.62. The van der Waals surface area contributed by atoms with E-state index in [0.29, 0.717) is 0 Å². The Bertz CT molecular complexity index is 319. The third kappa shape index (κ3) is 1.54. The Morgan fingerprint density at radius 1 is 1.69 bits per heavy atom. The lowest BCUT2D eigenvalue weighted by Crippen LogP contribution is -2.29. The molecule has 13 heavy (non-hydrogen) atoms. The molecule has 0 N–H and O–H groups in total. The summed E-state index contributed by atoms with van der Waals surface area (Å²) in [5, 5.41) is 1.98. The first-order valence-corrected chi connectivity index (χ1v) is 5.50. The number of carbonyl (C=O) groups is 1. The van der Waals surface area contributed by atoms with Gasteiger partial charge in [0, 0.05) is 28.9 Å². The van der Waals surface area contributed by atoms with E-state index in [2.05, 4.69) is 11.8 Å². The maximum absolute atomic E-state index is 10.7. The fraction of sp³-hybridized carbons (Fsp3) is 0.500. The van der Waals surface area contributed by atoms with Gasteiger partial charge in [0.2, 0.25) is 0 Å². The van der Waals surface area contributed by atoms with E-state index in [0.717, 1.165) is 37.9 Å². The summed E-state index contributed by atoms with van der Waals surface area (Å²) in [6, 6.07) is 0. The predicted molar refractivity (Wildman–Crippen MR) is 54.4 cm³/mol. The molecule has 0 spiro atoms. The van der Waals surface area contributed by atoms with Crippen LogP contribution in [-0.2, 0) is 13.0 Å². The number of carbonyl (C=O) groups excluding carboxylic acids is 1. The minimum Gasteiger partial charge on any atom is -0.298 e. The summed E-state index contributed by atoms with van der Waals surface area (Å²) < 4.78 is 0. The molecule has 0 saturated carbocycles. The number of likely N-dealkylation sites (N-methyl/N-ethyl adjacent to an activating group) is 1. The number of thiophene rings is 1. The molecule has 2 nitrogen and oxygen atoms in total. The second-order valence-corrected chi connectivity index (χ2v) is 4.29. The molecule has 1 aliphatic heterocycles. The van der Waals surface area contributed by atoms with Gasteiger partial charge in [-0.3, -0.25) is 9.69 Å². The third-order valence-electron chi connectivity index (χ3n) is 2.63. The first kappa shape index (κ1) is 8.91. The van der Waals surface area contributed by atoms with Crippen LogP contribution in [0.5, 0.6) is 0 Å². The fourth-order valence-corrected chi connectivity index (χ4v) is 2.86. The molecule has 0 atom stereocenters. The van der Waals surface area contributed by atoms with Gasteiger partial charge in [0.25, 0.3) is 0 Å². The summed E-state index contributed by atoms with van der Waals surface area (Å²) in [6.07, 6.45) is 2.03. The van der Waals surface area contributed by atoms with Gasteiger partial charge in [-0.05, 0) is 18.5 Å². The van der Waals surface area contributed by atoms with Crippen molar-refractivity contribution >= 4 is 17.6 Å². The van der Waals surface area contributed by atoms with Gasteiger partial charge in [-0.1, -0.05) is 6.92 Å². The topological polar surface area (TPSA) is 20.3 Å².